The number of amides is 2. The molecule has 6 nitrogen and oxygen atoms in total. The third-order valence-electron chi connectivity index (χ3n) is 3.12. The van der Waals surface area contributed by atoms with Crippen molar-refractivity contribution >= 4 is 23.2 Å². The largest absolute Gasteiger partial charge is 0.454 e. The van der Waals surface area contributed by atoms with Crippen LogP contribution in [0.15, 0.2) is 30.3 Å². The minimum atomic E-state index is -1.75. The Balaban J connectivity index is 1.69. The molecule has 3 rings (SSSR count). The van der Waals surface area contributed by atoms with Crippen LogP contribution in [0, 0.1) is 17.5 Å². The maximum absolute atomic E-state index is 13.5. The zero-order chi connectivity index (χ0) is 17.3. The van der Waals surface area contributed by atoms with Gasteiger partial charge in [-0.05, 0) is 24.3 Å². The third-order valence-corrected chi connectivity index (χ3v) is 3.12. The fraction of sp³-hybridized carbons (Fsp3) is 0.0667. The van der Waals surface area contributed by atoms with Gasteiger partial charge in [0.15, 0.2) is 29.0 Å². The van der Waals surface area contributed by atoms with Gasteiger partial charge in [-0.15, -0.1) is 0 Å². The molecule has 0 unspecified atom stereocenters. The second-order valence-electron chi connectivity index (χ2n) is 4.70. The molecule has 1 aliphatic heterocycles. The van der Waals surface area contributed by atoms with Crippen molar-refractivity contribution in [3.63, 3.8) is 0 Å². The van der Waals surface area contributed by atoms with E-state index in [2.05, 4.69) is 5.32 Å². The van der Waals surface area contributed by atoms with Crippen LogP contribution >= 0.6 is 0 Å². The van der Waals surface area contributed by atoms with Crippen LogP contribution < -0.4 is 20.1 Å². The van der Waals surface area contributed by atoms with E-state index in [9.17, 15) is 22.8 Å². The quantitative estimate of drug-likeness (QED) is 0.651. The summed E-state index contributed by atoms with van der Waals surface area (Å²) in [5.41, 5.74) is -0.412. The molecule has 0 atom stereocenters. The van der Waals surface area contributed by atoms with Crippen molar-refractivity contribution in [2.75, 3.05) is 17.4 Å². The number of carbonyl (C=O) groups excluding carboxylic acids is 2. The first kappa shape index (κ1) is 15.7. The summed E-state index contributed by atoms with van der Waals surface area (Å²) in [6.45, 7) is 0.0443. The summed E-state index contributed by atoms with van der Waals surface area (Å²) in [6, 6.07) is 5.87. The molecule has 0 saturated carbocycles. The Morgan fingerprint density at radius 2 is 1.58 bits per heavy atom. The van der Waals surface area contributed by atoms with E-state index in [0.717, 1.165) is 6.07 Å². The number of rotatable bonds is 2. The fourth-order valence-corrected chi connectivity index (χ4v) is 1.96. The summed E-state index contributed by atoms with van der Waals surface area (Å²) in [5, 5.41) is 4.12. The average Bonchev–Trinajstić information content (AvgIpc) is 3.03. The van der Waals surface area contributed by atoms with Gasteiger partial charge in [0, 0.05) is 11.8 Å². The van der Waals surface area contributed by atoms with Gasteiger partial charge in [0.1, 0.15) is 0 Å². The number of hydrogen-bond acceptors (Lipinski definition) is 4. The number of anilines is 2. The second kappa shape index (κ2) is 6.11. The van der Waals surface area contributed by atoms with Crippen molar-refractivity contribution in [2.24, 2.45) is 0 Å². The Kier molecular flexibility index (Phi) is 3.98. The molecule has 2 N–H and O–H groups in total. The first-order chi connectivity index (χ1) is 11.5. The highest BCUT2D eigenvalue weighted by molar-refractivity contribution is 6.43. The molecule has 9 heteroatoms. The van der Waals surface area contributed by atoms with Crippen LogP contribution in [0.5, 0.6) is 11.5 Å². The molecule has 2 aromatic rings. The van der Waals surface area contributed by atoms with Crippen LogP contribution in [0.4, 0.5) is 24.5 Å². The number of carbonyl (C=O) groups is 2. The van der Waals surface area contributed by atoms with Crippen molar-refractivity contribution in [3.05, 3.63) is 47.8 Å². The predicted molar refractivity (Wildman–Crippen MR) is 76.1 cm³/mol. The number of halogens is 3. The van der Waals surface area contributed by atoms with E-state index in [-0.39, 0.29) is 12.5 Å². The molecule has 1 heterocycles. The lowest BCUT2D eigenvalue weighted by Gasteiger charge is -2.08. The fourth-order valence-electron chi connectivity index (χ4n) is 1.96. The number of fused-ring (bicyclic) bond motifs is 1. The van der Waals surface area contributed by atoms with Gasteiger partial charge in [-0.25, -0.2) is 13.2 Å². The van der Waals surface area contributed by atoms with Crippen LogP contribution in [0.25, 0.3) is 0 Å². The van der Waals surface area contributed by atoms with Crippen molar-refractivity contribution in [2.45, 2.75) is 0 Å². The number of ether oxygens (including phenoxy) is 2. The molecular formula is C15H9F3N2O4. The Hall–Kier alpha value is -3.23. The standard InChI is InChI=1S/C15H9F3N2O4/c16-8-2-3-9(13(18)12(8)17)20-15(22)14(21)19-7-1-4-10-11(5-7)24-6-23-10/h1-5H,6H2,(H,19,21)(H,20,22). The monoisotopic (exact) mass is 338 g/mol. The lowest BCUT2D eigenvalue weighted by atomic mass is 10.2. The molecule has 2 amide bonds. The molecule has 2 aromatic carbocycles. The molecule has 0 saturated heterocycles. The van der Waals surface area contributed by atoms with Crippen LogP contribution in [0.1, 0.15) is 0 Å². The SMILES string of the molecule is O=C(Nc1ccc2c(c1)OCO2)C(=O)Nc1ccc(F)c(F)c1F. The number of hydrogen-bond donors (Lipinski definition) is 2. The molecule has 0 radical (unpaired) electrons. The van der Waals surface area contributed by atoms with E-state index in [1.165, 1.54) is 18.2 Å². The molecule has 0 aliphatic carbocycles. The molecule has 1 aliphatic rings. The third kappa shape index (κ3) is 2.96. The van der Waals surface area contributed by atoms with E-state index in [1.54, 1.807) is 0 Å². The number of nitrogens with one attached hydrogen (secondary N) is 2. The first-order valence-corrected chi connectivity index (χ1v) is 6.61. The van der Waals surface area contributed by atoms with Gasteiger partial charge >= 0.3 is 11.8 Å². The molecule has 0 aromatic heterocycles. The summed E-state index contributed by atoms with van der Waals surface area (Å²) >= 11 is 0. The predicted octanol–water partition coefficient (Wildman–Crippen LogP) is 2.41. The summed E-state index contributed by atoms with van der Waals surface area (Å²) in [5.74, 6) is -6.25. The minimum absolute atomic E-state index is 0.0443. The van der Waals surface area contributed by atoms with Crippen LogP contribution in [0.2, 0.25) is 0 Å². The van der Waals surface area contributed by atoms with Gasteiger partial charge in [-0.3, -0.25) is 9.59 Å². The maximum atomic E-state index is 13.5. The highest BCUT2D eigenvalue weighted by atomic mass is 19.2. The Morgan fingerprint density at radius 1 is 0.875 bits per heavy atom. The lowest BCUT2D eigenvalue weighted by molar-refractivity contribution is -0.133. The van der Waals surface area contributed by atoms with Crippen LogP contribution in [0.3, 0.4) is 0 Å². The van der Waals surface area contributed by atoms with Gasteiger partial charge in [0.05, 0.1) is 5.69 Å². The Morgan fingerprint density at radius 3 is 2.38 bits per heavy atom. The molecule has 24 heavy (non-hydrogen) atoms. The second-order valence-corrected chi connectivity index (χ2v) is 4.70. The summed E-state index contributed by atoms with van der Waals surface area (Å²) < 4.78 is 49.6. The van der Waals surface area contributed by atoms with Gasteiger partial charge in [-0.2, -0.15) is 0 Å². The summed E-state index contributed by atoms with van der Waals surface area (Å²) in [6.07, 6.45) is 0. The van der Waals surface area contributed by atoms with Crippen molar-refractivity contribution in [1.29, 1.82) is 0 Å². The zero-order valence-corrected chi connectivity index (χ0v) is 11.9. The van der Waals surface area contributed by atoms with Crippen molar-refractivity contribution < 1.29 is 32.2 Å². The first-order valence-electron chi connectivity index (χ1n) is 6.61. The minimum Gasteiger partial charge on any atom is -0.454 e. The molecule has 124 valence electrons. The highest BCUT2D eigenvalue weighted by Gasteiger charge is 2.20. The molecule has 0 spiro atoms. The van der Waals surface area contributed by atoms with Crippen LogP contribution in [-0.4, -0.2) is 18.6 Å². The van der Waals surface area contributed by atoms with Gasteiger partial charge in [0.25, 0.3) is 0 Å². The Labute approximate surface area is 133 Å². The molecule has 0 bridgehead atoms. The van der Waals surface area contributed by atoms with E-state index in [4.69, 9.17) is 9.47 Å². The molecular weight excluding hydrogens is 329 g/mol. The molecule has 0 fully saturated rings. The van der Waals surface area contributed by atoms with Crippen molar-refractivity contribution in [3.8, 4) is 11.5 Å². The highest BCUT2D eigenvalue weighted by Crippen LogP contribution is 2.34. The normalized spacial score (nSPS) is 12.0. The van der Waals surface area contributed by atoms with E-state index in [0.29, 0.717) is 17.6 Å². The topological polar surface area (TPSA) is 76.7 Å². The van der Waals surface area contributed by atoms with Crippen LogP contribution in [-0.2, 0) is 9.59 Å². The maximum Gasteiger partial charge on any atom is 0.314 e. The van der Waals surface area contributed by atoms with Gasteiger partial charge in [-0.1, -0.05) is 0 Å². The van der Waals surface area contributed by atoms with Gasteiger partial charge < -0.3 is 20.1 Å². The average molecular weight is 338 g/mol. The summed E-state index contributed by atoms with van der Waals surface area (Å²) in [7, 11) is 0. The Bertz CT molecular complexity index is 842. The van der Waals surface area contributed by atoms with Crippen molar-refractivity contribution in [1.82, 2.24) is 0 Å². The summed E-state index contributed by atoms with van der Waals surface area (Å²) in [4.78, 5) is 23.5. The zero-order valence-electron chi connectivity index (χ0n) is 11.9. The number of benzene rings is 2. The van der Waals surface area contributed by atoms with E-state index in [1.807, 2.05) is 5.32 Å². The van der Waals surface area contributed by atoms with E-state index < -0.39 is 35.0 Å². The smallest absolute Gasteiger partial charge is 0.314 e. The van der Waals surface area contributed by atoms with E-state index >= 15 is 0 Å². The lowest BCUT2D eigenvalue weighted by Crippen LogP contribution is -2.29. The van der Waals surface area contributed by atoms with Gasteiger partial charge in [0.2, 0.25) is 6.79 Å².